The lowest BCUT2D eigenvalue weighted by molar-refractivity contribution is 0.0588. The van der Waals surface area contributed by atoms with Crippen molar-refractivity contribution in [3.8, 4) is 0 Å². The highest BCUT2D eigenvalue weighted by atomic mass is 16.5. The summed E-state index contributed by atoms with van der Waals surface area (Å²) in [4.78, 5) is 40.2. The molecule has 2 amide bonds. The Morgan fingerprint density at radius 1 is 1.19 bits per heavy atom. The van der Waals surface area contributed by atoms with Crippen LogP contribution >= 0.6 is 0 Å². The maximum Gasteiger partial charge on any atom is 0.354 e. The van der Waals surface area contributed by atoms with E-state index in [-0.39, 0.29) is 12.3 Å². The summed E-state index contributed by atoms with van der Waals surface area (Å²) in [5, 5.41) is 2.93. The van der Waals surface area contributed by atoms with Crippen LogP contribution in [0.5, 0.6) is 0 Å². The first-order valence-corrected chi connectivity index (χ1v) is 10.1. The van der Waals surface area contributed by atoms with E-state index >= 15 is 0 Å². The molecule has 31 heavy (non-hydrogen) atoms. The lowest BCUT2D eigenvalue weighted by Gasteiger charge is -2.28. The molecule has 0 unspecified atom stereocenters. The van der Waals surface area contributed by atoms with E-state index < -0.39 is 18.0 Å². The molecule has 2 aromatic rings. The first-order chi connectivity index (χ1) is 14.6. The number of methoxy groups -OCH3 is 1. The molecule has 7 heteroatoms. The number of carbonyl (C=O) groups is 3. The minimum atomic E-state index is -0.771. The smallest absolute Gasteiger partial charge is 0.354 e. The van der Waals surface area contributed by atoms with Crippen molar-refractivity contribution in [2.45, 2.75) is 40.7 Å². The van der Waals surface area contributed by atoms with Crippen molar-refractivity contribution < 1.29 is 19.1 Å². The van der Waals surface area contributed by atoms with E-state index in [1.165, 1.54) is 12.0 Å². The van der Waals surface area contributed by atoms with Gasteiger partial charge in [0, 0.05) is 30.5 Å². The van der Waals surface area contributed by atoms with Gasteiger partial charge in [-0.05, 0) is 51.3 Å². The van der Waals surface area contributed by atoms with Crippen molar-refractivity contribution in [1.29, 1.82) is 0 Å². The summed E-state index contributed by atoms with van der Waals surface area (Å²) in [7, 11) is 3.02. The molecular formula is C24H31N3O4. The normalized spacial score (nSPS) is 11.6. The maximum atomic E-state index is 13.4. The zero-order valence-electron chi connectivity index (χ0n) is 19.3. The summed E-state index contributed by atoms with van der Waals surface area (Å²) >= 11 is 0. The van der Waals surface area contributed by atoms with Crippen molar-refractivity contribution in [3.05, 3.63) is 64.5 Å². The largest absolute Gasteiger partial charge is 0.464 e. The van der Waals surface area contributed by atoms with E-state index in [2.05, 4.69) is 11.9 Å². The van der Waals surface area contributed by atoms with Crippen LogP contribution in [0.3, 0.4) is 0 Å². The third-order valence-electron chi connectivity index (χ3n) is 5.70. The number of anilines is 1. The van der Waals surface area contributed by atoms with Crippen molar-refractivity contribution >= 4 is 23.5 Å². The fourth-order valence-corrected chi connectivity index (χ4v) is 3.82. The SMILES string of the molecule is C=CCN(C(=O)Nc1c(C)cccc1C)[C@H](C)C(=O)c1c(C)c(C(=O)OC)n(C)c1C. The highest BCUT2D eigenvalue weighted by Gasteiger charge is 2.32. The number of hydrogen-bond acceptors (Lipinski definition) is 4. The second-order valence-corrected chi connectivity index (χ2v) is 7.66. The Labute approximate surface area is 183 Å². The average molecular weight is 426 g/mol. The highest BCUT2D eigenvalue weighted by Crippen LogP contribution is 2.25. The summed E-state index contributed by atoms with van der Waals surface area (Å²) in [6, 6.07) is 4.60. The third-order valence-corrected chi connectivity index (χ3v) is 5.70. The number of carbonyl (C=O) groups excluding carboxylic acids is 3. The molecule has 2 rings (SSSR count). The van der Waals surface area contributed by atoms with E-state index in [1.807, 2.05) is 32.0 Å². The first-order valence-electron chi connectivity index (χ1n) is 10.1. The van der Waals surface area contributed by atoms with Gasteiger partial charge in [-0.25, -0.2) is 9.59 Å². The van der Waals surface area contributed by atoms with Crippen molar-refractivity contribution in [2.24, 2.45) is 7.05 Å². The van der Waals surface area contributed by atoms with Crippen molar-refractivity contribution in [2.75, 3.05) is 19.0 Å². The quantitative estimate of drug-likeness (QED) is 0.407. The molecule has 1 aromatic carbocycles. The van der Waals surface area contributed by atoms with E-state index in [4.69, 9.17) is 4.74 Å². The van der Waals surface area contributed by atoms with Gasteiger partial charge in [-0.1, -0.05) is 24.3 Å². The predicted octanol–water partition coefficient (Wildman–Crippen LogP) is 4.34. The van der Waals surface area contributed by atoms with Gasteiger partial charge in [0.15, 0.2) is 5.78 Å². The van der Waals surface area contributed by atoms with E-state index in [0.29, 0.717) is 22.5 Å². The van der Waals surface area contributed by atoms with Crippen LogP contribution in [0.25, 0.3) is 0 Å². The van der Waals surface area contributed by atoms with Crippen molar-refractivity contribution in [1.82, 2.24) is 9.47 Å². The molecule has 1 heterocycles. The van der Waals surface area contributed by atoms with Crippen LogP contribution in [0.15, 0.2) is 30.9 Å². The fourth-order valence-electron chi connectivity index (χ4n) is 3.82. The van der Waals surface area contributed by atoms with Gasteiger partial charge < -0.3 is 19.5 Å². The Kier molecular flexibility index (Phi) is 7.44. The molecule has 166 valence electrons. The molecule has 0 saturated heterocycles. The van der Waals surface area contributed by atoms with Crippen LogP contribution in [0.2, 0.25) is 0 Å². The number of hydrogen-bond donors (Lipinski definition) is 1. The van der Waals surface area contributed by atoms with Crippen LogP contribution in [-0.2, 0) is 11.8 Å². The lowest BCUT2D eigenvalue weighted by Crippen LogP contribution is -2.46. The van der Waals surface area contributed by atoms with Gasteiger partial charge in [0.25, 0.3) is 0 Å². The number of esters is 1. The minimum absolute atomic E-state index is 0.193. The standard InChI is InChI=1S/C24H31N3O4/c1-9-13-27(24(30)25-20-14(2)11-10-12-15(20)3)18(6)22(28)19-16(4)21(23(29)31-8)26(7)17(19)5/h9-12,18H,1,13H2,2-8H3,(H,25,30)/t18-/m1/s1. The molecule has 0 aliphatic heterocycles. The van der Waals surface area contributed by atoms with E-state index in [0.717, 1.165) is 16.8 Å². The maximum absolute atomic E-state index is 13.4. The molecule has 1 N–H and O–H groups in total. The fraction of sp³-hybridized carbons (Fsp3) is 0.375. The highest BCUT2D eigenvalue weighted by molar-refractivity contribution is 6.07. The molecule has 0 aliphatic carbocycles. The number of ketones is 1. The van der Waals surface area contributed by atoms with Gasteiger partial charge in [-0.15, -0.1) is 6.58 Å². The number of amides is 2. The second kappa shape index (κ2) is 9.64. The van der Waals surface area contributed by atoms with Crippen LogP contribution < -0.4 is 5.32 Å². The predicted molar refractivity (Wildman–Crippen MR) is 122 cm³/mol. The number of ether oxygens (including phenoxy) is 1. The Morgan fingerprint density at radius 2 is 1.77 bits per heavy atom. The lowest BCUT2D eigenvalue weighted by atomic mass is 10.00. The van der Waals surface area contributed by atoms with Gasteiger partial charge >= 0.3 is 12.0 Å². The zero-order chi connectivity index (χ0) is 23.5. The summed E-state index contributed by atoms with van der Waals surface area (Å²) in [5.74, 6) is -0.759. The first kappa shape index (κ1) is 23.9. The third kappa shape index (κ3) is 4.55. The number of benzene rings is 1. The number of urea groups is 1. The number of aromatic nitrogens is 1. The number of nitrogens with zero attached hydrogens (tertiary/aromatic N) is 2. The Balaban J connectivity index is 2.41. The Bertz CT molecular complexity index is 1020. The zero-order valence-corrected chi connectivity index (χ0v) is 19.3. The minimum Gasteiger partial charge on any atom is -0.464 e. The van der Waals surface area contributed by atoms with Crippen LogP contribution in [-0.4, -0.2) is 46.9 Å². The summed E-state index contributed by atoms with van der Waals surface area (Å²) in [6.45, 7) is 12.9. The molecule has 0 radical (unpaired) electrons. The molecule has 7 nitrogen and oxygen atoms in total. The number of nitrogens with one attached hydrogen (secondary N) is 1. The van der Waals surface area contributed by atoms with E-state index in [9.17, 15) is 14.4 Å². The van der Waals surface area contributed by atoms with Gasteiger partial charge in [0.1, 0.15) is 5.69 Å². The molecule has 1 atom stereocenters. The van der Waals surface area contributed by atoms with Crippen LogP contribution in [0, 0.1) is 27.7 Å². The van der Waals surface area contributed by atoms with Crippen LogP contribution in [0.1, 0.15) is 50.2 Å². The van der Waals surface area contributed by atoms with E-state index in [1.54, 1.807) is 38.5 Å². The number of aryl methyl sites for hydroxylation is 2. The molecule has 1 aromatic heterocycles. The van der Waals surface area contributed by atoms with Gasteiger partial charge in [0.2, 0.25) is 0 Å². The topological polar surface area (TPSA) is 80.6 Å². The summed E-state index contributed by atoms with van der Waals surface area (Å²) in [5.41, 5.74) is 4.52. The van der Waals surface area contributed by atoms with Crippen molar-refractivity contribution in [3.63, 3.8) is 0 Å². The second-order valence-electron chi connectivity index (χ2n) is 7.66. The molecule has 0 fully saturated rings. The van der Waals surface area contributed by atoms with Crippen LogP contribution in [0.4, 0.5) is 10.5 Å². The molecule has 0 bridgehead atoms. The molecule has 0 saturated carbocycles. The molecule has 0 spiro atoms. The van der Waals surface area contributed by atoms with Gasteiger partial charge in [-0.2, -0.15) is 0 Å². The van der Waals surface area contributed by atoms with Gasteiger partial charge in [0.05, 0.1) is 13.2 Å². The monoisotopic (exact) mass is 425 g/mol. The van der Waals surface area contributed by atoms with Gasteiger partial charge in [-0.3, -0.25) is 4.79 Å². The number of rotatable bonds is 7. The average Bonchev–Trinajstić information content (AvgIpc) is 2.95. The Hall–Kier alpha value is -3.35. The molecule has 0 aliphatic rings. The molecular weight excluding hydrogens is 394 g/mol. The summed E-state index contributed by atoms with van der Waals surface area (Å²) < 4.78 is 6.51. The Morgan fingerprint density at radius 3 is 2.29 bits per heavy atom. The number of para-hydroxylation sites is 1. The number of Topliss-reactive ketones (excluding diaryl/α,β-unsaturated/α-hetero) is 1. The summed E-state index contributed by atoms with van der Waals surface area (Å²) in [6.07, 6.45) is 1.58.